The predicted octanol–water partition coefficient (Wildman–Crippen LogP) is 6.49. The molecule has 0 saturated carbocycles. The van der Waals surface area contributed by atoms with Gasteiger partial charge in [0.2, 0.25) is 5.95 Å². The molecule has 4 heterocycles. The van der Waals surface area contributed by atoms with Crippen LogP contribution in [0.1, 0.15) is 35.8 Å². The van der Waals surface area contributed by atoms with E-state index in [1.807, 2.05) is 6.07 Å². The first-order valence-corrected chi connectivity index (χ1v) is 12.2. The lowest BCUT2D eigenvalue weighted by Gasteiger charge is -2.20. The number of hydrogen-bond acceptors (Lipinski definition) is 8. The van der Waals surface area contributed by atoms with Crippen LogP contribution in [0.15, 0.2) is 61.3 Å². The summed E-state index contributed by atoms with van der Waals surface area (Å²) in [7, 11) is 0. The molecular formula is C26H17ClF5N9. The molecule has 41 heavy (non-hydrogen) atoms. The fraction of sp³-hybridized carbons (Fsp3) is 0.154. The van der Waals surface area contributed by atoms with Crippen molar-refractivity contribution in [1.82, 2.24) is 29.9 Å². The number of nitrogens with one attached hydrogen (secondary N) is 2. The van der Waals surface area contributed by atoms with Crippen LogP contribution in [0.25, 0.3) is 10.9 Å². The van der Waals surface area contributed by atoms with Crippen LogP contribution in [0.3, 0.4) is 0 Å². The number of aromatic nitrogens is 6. The first kappa shape index (κ1) is 27.7. The Kier molecular flexibility index (Phi) is 7.38. The van der Waals surface area contributed by atoms with Gasteiger partial charge in [0.15, 0.2) is 5.82 Å². The van der Waals surface area contributed by atoms with Gasteiger partial charge in [-0.1, -0.05) is 22.9 Å². The molecule has 0 saturated heterocycles. The topological polar surface area (TPSA) is 117 Å². The Bertz CT molecular complexity index is 1770. The van der Waals surface area contributed by atoms with Crippen molar-refractivity contribution in [2.75, 3.05) is 10.6 Å². The van der Waals surface area contributed by atoms with Crippen LogP contribution < -0.4 is 10.6 Å². The maximum absolute atomic E-state index is 13.8. The smallest absolute Gasteiger partial charge is 0.373 e. The molecule has 0 aliphatic heterocycles. The van der Waals surface area contributed by atoms with E-state index < -0.39 is 30.0 Å². The second-order valence-corrected chi connectivity index (χ2v) is 9.25. The molecule has 4 aromatic heterocycles. The van der Waals surface area contributed by atoms with E-state index in [0.717, 1.165) is 23.9 Å². The Morgan fingerprint density at radius 3 is 2.56 bits per heavy atom. The summed E-state index contributed by atoms with van der Waals surface area (Å²) in [6.45, 7) is 0.963. The number of nitrogens with zero attached hydrogens (tertiary/aromatic N) is 7. The number of alkyl halides is 3. The minimum absolute atomic E-state index is 0.0611. The van der Waals surface area contributed by atoms with Gasteiger partial charge in [0.25, 0.3) is 0 Å². The summed E-state index contributed by atoms with van der Waals surface area (Å²) in [6, 6.07) is 6.64. The summed E-state index contributed by atoms with van der Waals surface area (Å²) >= 11 is 6.55. The average molecular weight is 586 g/mol. The van der Waals surface area contributed by atoms with E-state index in [0.29, 0.717) is 16.6 Å². The van der Waals surface area contributed by atoms with Gasteiger partial charge in [0, 0.05) is 35.7 Å². The number of hydrogen-bond donors (Lipinski definition) is 2. The fourth-order valence-corrected chi connectivity index (χ4v) is 4.27. The second kappa shape index (κ2) is 10.9. The molecule has 5 aromatic rings. The average Bonchev–Trinajstić information content (AvgIpc) is 3.43. The summed E-state index contributed by atoms with van der Waals surface area (Å²) < 4.78 is 67.8. The highest BCUT2D eigenvalue weighted by Gasteiger charge is 2.38. The SMILES string of the molecule is C[C@@H](n1cc(C(Nc2cc(Cl)c3ncc(C#N)c(Nc4cnc(F)c(F)c4)c3c2)c2cccnc2)nn1)C(F)(F)F. The third-order valence-corrected chi connectivity index (χ3v) is 6.42. The Hall–Kier alpha value is -4.90. The summed E-state index contributed by atoms with van der Waals surface area (Å²) in [5.74, 6) is -2.48. The van der Waals surface area contributed by atoms with Crippen LogP contribution in [0.2, 0.25) is 5.02 Å². The van der Waals surface area contributed by atoms with Crippen molar-refractivity contribution in [2.24, 2.45) is 0 Å². The fourth-order valence-electron chi connectivity index (χ4n) is 4.00. The molecule has 2 N–H and O–H groups in total. The van der Waals surface area contributed by atoms with E-state index >= 15 is 0 Å². The van der Waals surface area contributed by atoms with Crippen LogP contribution >= 0.6 is 11.6 Å². The van der Waals surface area contributed by atoms with Crippen molar-refractivity contribution in [3.8, 4) is 6.07 Å². The monoisotopic (exact) mass is 585 g/mol. The van der Waals surface area contributed by atoms with E-state index in [2.05, 4.69) is 35.9 Å². The lowest BCUT2D eigenvalue weighted by Crippen LogP contribution is -2.24. The van der Waals surface area contributed by atoms with Crippen molar-refractivity contribution < 1.29 is 22.0 Å². The van der Waals surface area contributed by atoms with E-state index in [1.54, 1.807) is 18.2 Å². The first-order valence-electron chi connectivity index (χ1n) is 11.8. The van der Waals surface area contributed by atoms with Gasteiger partial charge >= 0.3 is 6.18 Å². The van der Waals surface area contributed by atoms with Gasteiger partial charge < -0.3 is 10.6 Å². The van der Waals surface area contributed by atoms with Gasteiger partial charge in [-0.25, -0.2) is 14.1 Å². The third kappa shape index (κ3) is 5.71. The molecule has 208 valence electrons. The van der Waals surface area contributed by atoms with Gasteiger partial charge in [-0.05, 0) is 30.7 Å². The number of nitriles is 1. The standard InChI is InChI=1S/C26H17ClF5N9/c1-13(26(30,31)32)41-12-21(39-40-41)23(14-3-2-4-34-9-14)37-16-5-18-22(38-17-7-20(28)25(29)36-11-17)15(8-33)10-35-24(18)19(27)6-16/h2-7,9-13,23,37H,1H3,(H,35,38)/t13-,23?/m1/s1. The normalized spacial score (nSPS) is 13.0. The minimum atomic E-state index is -4.54. The molecule has 1 aromatic carbocycles. The molecule has 0 radical (unpaired) electrons. The van der Waals surface area contributed by atoms with Crippen molar-refractivity contribution in [1.29, 1.82) is 5.26 Å². The molecule has 0 amide bonds. The van der Waals surface area contributed by atoms with Gasteiger partial charge in [0.1, 0.15) is 17.8 Å². The molecule has 2 atom stereocenters. The summed E-state index contributed by atoms with van der Waals surface area (Å²) in [6.07, 6.45) is 2.03. The lowest BCUT2D eigenvalue weighted by atomic mass is 10.0. The lowest BCUT2D eigenvalue weighted by molar-refractivity contribution is -0.165. The quantitative estimate of drug-likeness (QED) is 0.164. The molecule has 1 unspecified atom stereocenters. The van der Waals surface area contributed by atoms with Crippen molar-refractivity contribution in [2.45, 2.75) is 25.2 Å². The molecule has 9 nitrogen and oxygen atoms in total. The number of anilines is 3. The molecule has 5 rings (SSSR count). The maximum atomic E-state index is 13.8. The van der Waals surface area contributed by atoms with Crippen LogP contribution in [0.4, 0.5) is 39.0 Å². The van der Waals surface area contributed by atoms with Crippen molar-refractivity contribution >= 4 is 39.6 Å². The first-order chi connectivity index (χ1) is 19.5. The Morgan fingerprint density at radius 2 is 1.88 bits per heavy atom. The van der Waals surface area contributed by atoms with Crippen LogP contribution in [-0.2, 0) is 0 Å². The van der Waals surface area contributed by atoms with Gasteiger partial charge in [0.05, 0.1) is 45.9 Å². The molecule has 15 heteroatoms. The predicted molar refractivity (Wildman–Crippen MR) is 139 cm³/mol. The van der Waals surface area contributed by atoms with Gasteiger partial charge in [-0.15, -0.1) is 5.10 Å². The maximum Gasteiger partial charge on any atom is 0.410 e. The molecule has 0 aliphatic rings. The summed E-state index contributed by atoms with van der Waals surface area (Å²) in [5, 5.41) is 23.9. The number of benzene rings is 1. The van der Waals surface area contributed by atoms with Crippen LogP contribution in [0.5, 0.6) is 0 Å². The largest absolute Gasteiger partial charge is 0.410 e. The van der Waals surface area contributed by atoms with E-state index in [1.165, 1.54) is 30.9 Å². The summed E-state index contributed by atoms with van der Waals surface area (Å²) in [5.41, 5.74) is 1.72. The highest BCUT2D eigenvalue weighted by atomic mass is 35.5. The van der Waals surface area contributed by atoms with Gasteiger partial charge in [-0.2, -0.15) is 22.8 Å². The number of rotatable bonds is 7. The van der Waals surface area contributed by atoms with Gasteiger partial charge in [-0.3, -0.25) is 9.97 Å². The zero-order valence-corrected chi connectivity index (χ0v) is 21.6. The zero-order chi connectivity index (χ0) is 29.3. The second-order valence-electron chi connectivity index (χ2n) is 8.84. The Balaban J connectivity index is 1.59. The van der Waals surface area contributed by atoms with E-state index in [4.69, 9.17) is 11.6 Å². The Labute approximate surface area is 233 Å². The zero-order valence-electron chi connectivity index (χ0n) is 20.8. The number of pyridine rings is 3. The molecule has 0 aliphatic carbocycles. The van der Waals surface area contributed by atoms with Crippen molar-refractivity contribution in [3.63, 3.8) is 0 Å². The van der Waals surface area contributed by atoms with Crippen molar-refractivity contribution in [3.05, 3.63) is 94.9 Å². The van der Waals surface area contributed by atoms with E-state index in [9.17, 15) is 27.2 Å². The van der Waals surface area contributed by atoms with Crippen LogP contribution in [-0.4, -0.2) is 36.1 Å². The number of fused-ring (bicyclic) bond motifs is 1. The molecular weight excluding hydrogens is 569 g/mol. The molecule has 0 spiro atoms. The molecule has 0 fully saturated rings. The minimum Gasteiger partial charge on any atom is -0.373 e. The highest BCUT2D eigenvalue weighted by molar-refractivity contribution is 6.36. The van der Waals surface area contributed by atoms with E-state index in [-0.39, 0.29) is 33.2 Å². The Morgan fingerprint density at radius 1 is 1.07 bits per heavy atom. The van der Waals surface area contributed by atoms with Crippen LogP contribution in [0, 0.1) is 23.1 Å². The summed E-state index contributed by atoms with van der Waals surface area (Å²) in [4.78, 5) is 11.7. The highest BCUT2D eigenvalue weighted by Crippen LogP contribution is 2.37. The molecule has 0 bridgehead atoms. The third-order valence-electron chi connectivity index (χ3n) is 6.13. The number of halogens is 6.